The van der Waals surface area contributed by atoms with Crippen LogP contribution < -0.4 is 15.4 Å². The minimum absolute atomic E-state index is 0.0595. The van der Waals surface area contributed by atoms with Crippen molar-refractivity contribution in [2.75, 3.05) is 17.2 Å². The Balaban J connectivity index is 1.56. The predicted octanol–water partition coefficient (Wildman–Crippen LogP) is 4.73. The highest BCUT2D eigenvalue weighted by Gasteiger charge is 2.15. The fraction of sp³-hybridized carbons (Fsp3) is 0.240. The summed E-state index contributed by atoms with van der Waals surface area (Å²) < 4.78 is 7.94. The number of aryl methyl sites for hydroxylation is 1. The molecule has 2 heterocycles. The number of hydrogen-bond acceptors (Lipinski definition) is 6. The van der Waals surface area contributed by atoms with E-state index in [0.717, 1.165) is 22.7 Å². The van der Waals surface area contributed by atoms with Crippen LogP contribution in [0.4, 0.5) is 17.5 Å². The molecule has 0 aliphatic carbocycles. The lowest BCUT2D eigenvalue weighted by Crippen LogP contribution is -2.16. The summed E-state index contributed by atoms with van der Waals surface area (Å²) in [5.74, 6) is 1.60. The molecule has 1 amide bonds. The minimum Gasteiger partial charge on any atom is -0.457 e. The molecule has 4 rings (SSSR count). The monoisotopic (exact) mass is 445 g/mol. The van der Waals surface area contributed by atoms with Gasteiger partial charge in [-0.3, -0.25) is 4.79 Å². The SMILES string of the molecule is Cn1c(Nc2cccc(C(C)(C)C)c2)nc2cc(Oc3ccnc(NC(=O)CO)c3)ccc21. The largest absolute Gasteiger partial charge is 0.457 e. The molecule has 2 aromatic carbocycles. The fourth-order valence-electron chi connectivity index (χ4n) is 3.41. The third-order valence-corrected chi connectivity index (χ3v) is 5.22. The standard InChI is InChI=1S/C25H27N5O3/c1-25(2,3)16-6-5-7-17(12-16)27-24-28-20-13-18(8-9-21(20)30(24)4)33-19-10-11-26-22(14-19)29-23(32)15-31/h5-14,31H,15H2,1-4H3,(H,27,28)(H,26,29,32). The maximum absolute atomic E-state index is 11.4. The van der Waals surface area contributed by atoms with E-state index in [4.69, 9.17) is 14.8 Å². The quantitative estimate of drug-likeness (QED) is 0.397. The number of ether oxygens (including phenoxy) is 1. The van der Waals surface area contributed by atoms with Gasteiger partial charge in [-0.1, -0.05) is 32.9 Å². The molecule has 0 saturated heterocycles. The highest BCUT2D eigenvalue weighted by molar-refractivity contribution is 5.90. The second-order valence-electron chi connectivity index (χ2n) is 8.79. The zero-order valence-electron chi connectivity index (χ0n) is 19.1. The third kappa shape index (κ3) is 5.12. The van der Waals surface area contributed by atoms with Crippen molar-refractivity contribution >= 4 is 34.4 Å². The van der Waals surface area contributed by atoms with Gasteiger partial charge in [0.05, 0.1) is 11.0 Å². The summed E-state index contributed by atoms with van der Waals surface area (Å²) in [5, 5.41) is 14.8. The first kappa shape index (κ1) is 22.3. The van der Waals surface area contributed by atoms with Gasteiger partial charge in [0.15, 0.2) is 0 Å². The van der Waals surface area contributed by atoms with Crippen LogP contribution in [0.25, 0.3) is 11.0 Å². The highest BCUT2D eigenvalue weighted by Crippen LogP contribution is 2.30. The molecule has 170 valence electrons. The average molecular weight is 446 g/mol. The number of nitrogens with one attached hydrogen (secondary N) is 2. The molecule has 33 heavy (non-hydrogen) atoms. The topological polar surface area (TPSA) is 101 Å². The van der Waals surface area contributed by atoms with Crippen molar-refractivity contribution in [1.29, 1.82) is 0 Å². The van der Waals surface area contributed by atoms with Gasteiger partial charge in [-0.05, 0) is 41.3 Å². The van der Waals surface area contributed by atoms with Crippen molar-refractivity contribution in [3.05, 3.63) is 66.4 Å². The lowest BCUT2D eigenvalue weighted by molar-refractivity contribution is -0.118. The van der Waals surface area contributed by atoms with Gasteiger partial charge in [-0.15, -0.1) is 0 Å². The molecule has 0 aliphatic heterocycles. The summed E-state index contributed by atoms with van der Waals surface area (Å²) in [4.78, 5) is 20.2. The molecular weight excluding hydrogens is 418 g/mol. The number of rotatable bonds is 6. The molecule has 0 unspecified atom stereocenters. The predicted molar refractivity (Wildman–Crippen MR) is 129 cm³/mol. The van der Waals surface area contributed by atoms with Crippen LogP contribution in [0.15, 0.2) is 60.8 Å². The summed E-state index contributed by atoms with van der Waals surface area (Å²) in [6.07, 6.45) is 1.52. The minimum atomic E-state index is -0.611. The van der Waals surface area contributed by atoms with Crippen molar-refractivity contribution < 1.29 is 14.6 Å². The van der Waals surface area contributed by atoms with E-state index in [9.17, 15) is 4.79 Å². The molecule has 0 spiro atoms. The molecule has 0 saturated carbocycles. The Hall–Kier alpha value is -3.91. The second kappa shape index (κ2) is 8.91. The Bertz CT molecular complexity index is 1310. The number of amides is 1. The number of benzene rings is 2. The van der Waals surface area contributed by atoms with Gasteiger partial charge in [0.25, 0.3) is 5.91 Å². The zero-order valence-corrected chi connectivity index (χ0v) is 19.1. The zero-order chi connectivity index (χ0) is 23.6. The van der Waals surface area contributed by atoms with Crippen LogP contribution in [0.2, 0.25) is 0 Å². The molecule has 0 bridgehead atoms. The highest BCUT2D eigenvalue weighted by atomic mass is 16.5. The number of hydrogen-bond donors (Lipinski definition) is 3. The van der Waals surface area contributed by atoms with E-state index < -0.39 is 12.5 Å². The van der Waals surface area contributed by atoms with E-state index in [0.29, 0.717) is 17.3 Å². The number of pyridine rings is 1. The lowest BCUT2D eigenvalue weighted by Gasteiger charge is -2.20. The maximum Gasteiger partial charge on any atom is 0.251 e. The lowest BCUT2D eigenvalue weighted by atomic mass is 9.87. The molecule has 0 aliphatic rings. The van der Waals surface area contributed by atoms with E-state index in [-0.39, 0.29) is 5.41 Å². The van der Waals surface area contributed by atoms with Gasteiger partial charge in [-0.2, -0.15) is 0 Å². The Labute approximate surface area is 192 Å². The van der Waals surface area contributed by atoms with Crippen molar-refractivity contribution in [1.82, 2.24) is 14.5 Å². The molecule has 8 heteroatoms. The number of anilines is 3. The smallest absolute Gasteiger partial charge is 0.251 e. The molecule has 0 atom stereocenters. The molecule has 0 radical (unpaired) electrons. The average Bonchev–Trinajstić information content (AvgIpc) is 3.08. The second-order valence-corrected chi connectivity index (χ2v) is 8.79. The summed E-state index contributed by atoms with van der Waals surface area (Å²) in [6.45, 7) is 5.96. The van der Waals surface area contributed by atoms with Crippen LogP contribution in [0.1, 0.15) is 26.3 Å². The van der Waals surface area contributed by atoms with Gasteiger partial charge < -0.3 is 25.0 Å². The summed E-state index contributed by atoms with van der Waals surface area (Å²) in [6, 6.07) is 17.3. The third-order valence-electron chi connectivity index (χ3n) is 5.22. The van der Waals surface area contributed by atoms with Crippen molar-refractivity contribution in [2.24, 2.45) is 7.05 Å². The number of imidazole rings is 1. The number of carbonyl (C=O) groups is 1. The Morgan fingerprint density at radius 2 is 1.88 bits per heavy atom. The molecule has 2 aromatic heterocycles. The molecule has 0 fully saturated rings. The van der Waals surface area contributed by atoms with Crippen LogP contribution >= 0.6 is 0 Å². The number of fused-ring (bicyclic) bond motifs is 1. The van der Waals surface area contributed by atoms with Gasteiger partial charge in [0.2, 0.25) is 5.95 Å². The first-order chi connectivity index (χ1) is 15.7. The van der Waals surface area contributed by atoms with Crippen LogP contribution in [0.3, 0.4) is 0 Å². The fourth-order valence-corrected chi connectivity index (χ4v) is 3.41. The normalized spacial score (nSPS) is 11.4. The summed E-state index contributed by atoms with van der Waals surface area (Å²) in [5.41, 5.74) is 4.03. The van der Waals surface area contributed by atoms with Crippen molar-refractivity contribution in [2.45, 2.75) is 26.2 Å². The first-order valence-electron chi connectivity index (χ1n) is 10.6. The molecule has 3 N–H and O–H groups in total. The molecule has 8 nitrogen and oxygen atoms in total. The Morgan fingerprint density at radius 3 is 2.64 bits per heavy atom. The van der Waals surface area contributed by atoms with Gasteiger partial charge in [-0.25, -0.2) is 9.97 Å². The van der Waals surface area contributed by atoms with Crippen LogP contribution in [0, 0.1) is 0 Å². The van der Waals surface area contributed by atoms with Gasteiger partial charge in [0, 0.05) is 31.1 Å². The van der Waals surface area contributed by atoms with E-state index in [1.165, 1.54) is 11.8 Å². The first-order valence-corrected chi connectivity index (χ1v) is 10.6. The number of aliphatic hydroxyl groups excluding tert-OH is 1. The number of aliphatic hydroxyl groups is 1. The van der Waals surface area contributed by atoms with E-state index >= 15 is 0 Å². The number of aromatic nitrogens is 3. The Kier molecular flexibility index (Phi) is 6.02. The molecule has 4 aromatic rings. The molecular formula is C25H27N5O3. The van der Waals surface area contributed by atoms with Crippen LogP contribution in [0.5, 0.6) is 11.5 Å². The van der Waals surface area contributed by atoms with Crippen molar-refractivity contribution in [3.63, 3.8) is 0 Å². The van der Waals surface area contributed by atoms with E-state index in [1.807, 2.05) is 41.9 Å². The van der Waals surface area contributed by atoms with Crippen molar-refractivity contribution in [3.8, 4) is 11.5 Å². The number of nitrogens with zero attached hydrogens (tertiary/aromatic N) is 3. The van der Waals surface area contributed by atoms with Gasteiger partial charge in [0.1, 0.15) is 23.9 Å². The van der Waals surface area contributed by atoms with E-state index in [1.54, 1.807) is 12.1 Å². The Morgan fingerprint density at radius 1 is 1.09 bits per heavy atom. The van der Waals surface area contributed by atoms with E-state index in [2.05, 4.69) is 48.5 Å². The summed E-state index contributed by atoms with van der Waals surface area (Å²) >= 11 is 0. The van der Waals surface area contributed by atoms with Crippen LogP contribution in [-0.2, 0) is 17.3 Å². The number of carbonyl (C=O) groups excluding carboxylic acids is 1. The summed E-state index contributed by atoms with van der Waals surface area (Å²) in [7, 11) is 1.96. The van der Waals surface area contributed by atoms with Crippen LogP contribution in [-0.4, -0.2) is 32.2 Å². The van der Waals surface area contributed by atoms with Gasteiger partial charge >= 0.3 is 0 Å². The maximum atomic E-state index is 11.4.